The minimum atomic E-state index is -0.246. The molecular weight excluding hydrogens is 381 g/mol. The number of hydrogen-bond acceptors (Lipinski definition) is 4. The van der Waals surface area contributed by atoms with Gasteiger partial charge in [0, 0.05) is 29.6 Å². The molecule has 5 aromatic rings. The summed E-state index contributed by atoms with van der Waals surface area (Å²) in [5.41, 5.74) is 3.29. The Bertz CT molecular complexity index is 1400. The van der Waals surface area contributed by atoms with Crippen LogP contribution in [0.15, 0.2) is 83.7 Å². The van der Waals surface area contributed by atoms with E-state index in [0.29, 0.717) is 46.6 Å². The van der Waals surface area contributed by atoms with E-state index in [2.05, 4.69) is 4.98 Å². The first-order valence-electron chi connectivity index (χ1n) is 9.58. The molecule has 5 nitrogen and oxygen atoms in total. The maximum atomic E-state index is 13.0. The van der Waals surface area contributed by atoms with Crippen molar-refractivity contribution in [3.63, 3.8) is 0 Å². The van der Waals surface area contributed by atoms with E-state index in [1.165, 1.54) is 12.1 Å². The molecule has 0 saturated heterocycles. The van der Waals surface area contributed by atoms with Crippen molar-refractivity contribution in [1.29, 1.82) is 5.41 Å². The molecule has 0 radical (unpaired) electrons. The standard InChI is InChI=1S/C24H18FN3O2/c25-17-5-3-16(4-6-17)9-11-29-19-7-8-23-20(13-19)21(26)14-24(30-23)22-12-18-2-1-10-28(18)15-27-22/h1-8,10,12-15,26H,9,11H2. The highest BCUT2D eigenvalue weighted by Gasteiger charge is 2.09. The summed E-state index contributed by atoms with van der Waals surface area (Å²) < 4.78 is 26.7. The fourth-order valence-electron chi connectivity index (χ4n) is 3.39. The van der Waals surface area contributed by atoms with Crippen molar-refractivity contribution in [3.8, 4) is 17.2 Å². The number of benzene rings is 2. The number of aromatic nitrogens is 2. The Kier molecular flexibility index (Phi) is 4.52. The summed E-state index contributed by atoms with van der Waals surface area (Å²) in [6.07, 6.45) is 4.33. The largest absolute Gasteiger partial charge is 0.493 e. The third kappa shape index (κ3) is 3.55. The van der Waals surface area contributed by atoms with E-state index in [4.69, 9.17) is 14.6 Å². The van der Waals surface area contributed by atoms with Gasteiger partial charge in [0.1, 0.15) is 22.8 Å². The molecule has 0 fully saturated rings. The lowest BCUT2D eigenvalue weighted by Gasteiger charge is -2.09. The molecule has 1 N–H and O–H groups in total. The Morgan fingerprint density at radius 2 is 1.90 bits per heavy atom. The lowest BCUT2D eigenvalue weighted by atomic mass is 10.1. The van der Waals surface area contributed by atoms with Gasteiger partial charge in [-0.3, -0.25) is 5.41 Å². The first kappa shape index (κ1) is 18.1. The summed E-state index contributed by atoms with van der Waals surface area (Å²) in [4.78, 5) is 4.43. The van der Waals surface area contributed by atoms with E-state index < -0.39 is 0 Å². The van der Waals surface area contributed by atoms with Gasteiger partial charge in [-0.05, 0) is 54.1 Å². The second kappa shape index (κ2) is 7.48. The molecule has 3 heterocycles. The van der Waals surface area contributed by atoms with Crippen LogP contribution in [0.5, 0.6) is 5.75 Å². The normalized spacial score (nSPS) is 11.2. The molecule has 2 aromatic carbocycles. The van der Waals surface area contributed by atoms with Crippen molar-refractivity contribution in [2.45, 2.75) is 6.42 Å². The Morgan fingerprint density at radius 3 is 2.77 bits per heavy atom. The van der Waals surface area contributed by atoms with Crippen LogP contribution in [-0.4, -0.2) is 16.0 Å². The number of nitrogens with zero attached hydrogens (tertiary/aromatic N) is 2. The smallest absolute Gasteiger partial charge is 0.155 e. The molecule has 0 aliphatic rings. The Hall–Kier alpha value is -3.93. The van der Waals surface area contributed by atoms with Crippen molar-refractivity contribution in [1.82, 2.24) is 9.38 Å². The van der Waals surface area contributed by atoms with Gasteiger partial charge in [0.15, 0.2) is 5.76 Å². The molecule has 3 aromatic heterocycles. The summed E-state index contributed by atoms with van der Waals surface area (Å²) in [5.74, 6) is 0.957. The Balaban J connectivity index is 1.38. The predicted octanol–water partition coefficient (Wildman–Crippen LogP) is 4.99. The first-order chi connectivity index (χ1) is 14.7. The lowest BCUT2D eigenvalue weighted by Crippen LogP contribution is -2.04. The molecule has 148 valence electrons. The van der Waals surface area contributed by atoms with Gasteiger partial charge in [-0.2, -0.15) is 0 Å². The van der Waals surface area contributed by atoms with Crippen molar-refractivity contribution in [2.75, 3.05) is 6.61 Å². The number of nitrogens with one attached hydrogen (secondary N) is 1. The van der Waals surface area contributed by atoms with Crippen molar-refractivity contribution in [3.05, 3.63) is 96.0 Å². The fraction of sp³-hybridized carbons (Fsp3) is 0.0833. The van der Waals surface area contributed by atoms with Crippen molar-refractivity contribution in [2.24, 2.45) is 0 Å². The van der Waals surface area contributed by atoms with Crippen LogP contribution < -0.4 is 10.1 Å². The van der Waals surface area contributed by atoms with Crippen molar-refractivity contribution < 1.29 is 13.5 Å². The van der Waals surface area contributed by atoms with Crippen LogP contribution >= 0.6 is 0 Å². The Labute approximate surface area is 171 Å². The van der Waals surface area contributed by atoms with Gasteiger partial charge in [0.2, 0.25) is 0 Å². The third-order valence-electron chi connectivity index (χ3n) is 4.98. The molecule has 5 rings (SSSR count). The number of halogens is 1. The van der Waals surface area contributed by atoms with Gasteiger partial charge in [0.25, 0.3) is 0 Å². The monoisotopic (exact) mass is 399 g/mol. The summed E-state index contributed by atoms with van der Waals surface area (Å²) in [6.45, 7) is 0.459. The van der Waals surface area contributed by atoms with E-state index in [9.17, 15) is 4.39 Å². The molecule has 0 aliphatic heterocycles. The van der Waals surface area contributed by atoms with Crippen LogP contribution in [0.1, 0.15) is 5.56 Å². The maximum absolute atomic E-state index is 13.0. The average molecular weight is 399 g/mol. The third-order valence-corrected chi connectivity index (χ3v) is 4.98. The maximum Gasteiger partial charge on any atom is 0.155 e. The molecular formula is C24H18FN3O2. The highest BCUT2D eigenvalue weighted by molar-refractivity contribution is 5.79. The zero-order valence-electron chi connectivity index (χ0n) is 16.0. The fourth-order valence-corrected chi connectivity index (χ4v) is 3.39. The molecule has 0 aliphatic carbocycles. The zero-order valence-corrected chi connectivity index (χ0v) is 16.0. The van der Waals surface area contributed by atoms with Crippen LogP contribution in [0.25, 0.3) is 27.9 Å². The quantitative estimate of drug-likeness (QED) is 0.453. The van der Waals surface area contributed by atoms with Crippen LogP contribution in [0.3, 0.4) is 0 Å². The van der Waals surface area contributed by atoms with Crippen LogP contribution in [0.4, 0.5) is 4.39 Å². The number of fused-ring (bicyclic) bond motifs is 2. The van der Waals surface area contributed by atoms with E-state index in [-0.39, 0.29) is 5.82 Å². The van der Waals surface area contributed by atoms with Gasteiger partial charge in [0.05, 0.1) is 18.3 Å². The second-order valence-electron chi connectivity index (χ2n) is 7.02. The Morgan fingerprint density at radius 1 is 1.03 bits per heavy atom. The van der Waals surface area contributed by atoms with Crippen LogP contribution in [0, 0.1) is 11.2 Å². The van der Waals surface area contributed by atoms with E-state index >= 15 is 0 Å². The van der Waals surface area contributed by atoms with Gasteiger partial charge < -0.3 is 13.6 Å². The van der Waals surface area contributed by atoms with Gasteiger partial charge >= 0.3 is 0 Å². The number of rotatable bonds is 5. The van der Waals surface area contributed by atoms with Crippen LogP contribution in [-0.2, 0) is 6.42 Å². The first-order valence-corrected chi connectivity index (χ1v) is 9.58. The van der Waals surface area contributed by atoms with E-state index in [1.54, 1.807) is 36.7 Å². The molecule has 0 saturated carbocycles. The summed E-state index contributed by atoms with van der Waals surface area (Å²) in [7, 11) is 0. The number of ether oxygens (including phenoxy) is 1. The van der Waals surface area contributed by atoms with Gasteiger partial charge in [-0.15, -0.1) is 0 Å². The molecule has 30 heavy (non-hydrogen) atoms. The highest BCUT2D eigenvalue weighted by atomic mass is 19.1. The zero-order chi connectivity index (χ0) is 20.5. The van der Waals surface area contributed by atoms with E-state index in [0.717, 1.165) is 11.1 Å². The topological polar surface area (TPSA) is 63.5 Å². The summed E-state index contributed by atoms with van der Waals surface area (Å²) in [6, 6.07) is 19.4. The molecule has 0 amide bonds. The highest BCUT2D eigenvalue weighted by Crippen LogP contribution is 2.24. The molecule has 0 bridgehead atoms. The lowest BCUT2D eigenvalue weighted by molar-refractivity contribution is 0.322. The minimum Gasteiger partial charge on any atom is -0.493 e. The van der Waals surface area contributed by atoms with Gasteiger partial charge in [-0.25, -0.2) is 9.37 Å². The number of hydrogen-bond donors (Lipinski definition) is 1. The predicted molar refractivity (Wildman–Crippen MR) is 112 cm³/mol. The van der Waals surface area contributed by atoms with E-state index in [1.807, 2.05) is 34.9 Å². The molecule has 0 unspecified atom stereocenters. The molecule has 6 heteroatoms. The molecule has 0 spiro atoms. The SMILES string of the molecule is N=c1cc(-c2cc3cccn3cn2)oc2ccc(OCCc3ccc(F)cc3)cc12. The summed E-state index contributed by atoms with van der Waals surface area (Å²) in [5, 5.41) is 9.44. The second-order valence-corrected chi connectivity index (χ2v) is 7.02. The van der Waals surface area contributed by atoms with Gasteiger partial charge in [-0.1, -0.05) is 12.1 Å². The van der Waals surface area contributed by atoms with Crippen LogP contribution in [0.2, 0.25) is 0 Å². The van der Waals surface area contributed by atoms with Crippen molar-refractivity contribution >= 4 is 16.5 Å². The molecule has 0 atom stereocenters. The minimum absolute atomic E-state index is 0.246. The average Bonchev–Trinajstić information content (AvgIpc) is 3.23. The summed E-state index contributed by atoms with van der Waals surface area (Å²) >= 11 is 0.